The fraction of sp³-hybridized carbons (Fsp3) is 0.500. The van der Waals surface area contributed by atoms with Gasteiger partial charge in [0.15, 0.2) is 0 Å². The van der Waals surface area contributed by atoms with E-state index in [1.807, 2.05) is 11.1 Å². The number of hydrogen-bond donors (Lipinski definition) is 0. The third-order valence-electron chi connectivity index (χ3n) is 4.29. The molecule has 0 saturated carbocycles. The number of aromatic nitrogens is 3. The number of pyridine rings is 1. The highest BCUT2D eigenvalue weighted by molar-refractivity contribution is 5.27. The number of rotatable bonds is 2. The van der Waals surface area contributed by atoms with Crippen molar-refractivity contribution in [2.75, 3.05) is 6.54 Å². The van der Waals surface area contributed by atoms with E-state index in [4.69, 9.17) is 0 Å². The molecule has 1 aliphatic heterocycles. The SMILES string of the molecule is CC(C)(C)c1ncc2c(n1)CCN(Cc1cnccc1C(F)(F)F)C2. The summed E-state index contributed by atoms with van der Waals surface area (Å²) in [5.41, 5.74) is 1.44. The van der Waals surface area contributed by atoms with Crippen LogP contribution in [0, 0.1) is 0 Å². The largest absolute Gasteiger partial charge is 0.416 e. The first-order valence-electron chi connectivity index (χ1n) is 8.22. The molecule has 0 aromatic carbocycles. The molecular weight excluding hydrogens is 329 g/mol. The highest BCUT2D eigenvalue weighted by atomic mass is 19.4. The summed E-state index contributed by atoms with van der Waals surface area (Å²) in [7, 11) is 0. The maximum atomic E-state index is 13.1. The molecule has 25 heavy (non-hydrogen) atoms. The number of hydrogen-bond acceptors (Lipinski definition) is 4. The Hall–Kier alpha value is -2.02. The Labute approximate surface area is 145 Å². The summed E-state index contributed by atoms with van der Waals surface area (Å²) >= 11 is 0. The van der Waals surface area contributed by atoms with Crippen LogP contribution in [0.2, 0.25) is 0 Å². The molecule has 0 aliphatic carbocycles. The van der Waals surface area contributed by atoms with Gasteiger partial charge in [0.1, 0.15) is 5.82 Å². The third kappa shape index (κ3) is 3.98. The minimum absolute atomic E-state index is 0.122. The maximum Gasteiger partial charge on any atom is 0.416 e. The second-order valence-corrected chi connectivity index (χ2v) is 7.41. The van der Waals surface area contributed by atoms with Crippen LogP contribution in [0.1, 0.15) is 49.0 Å². The number of alkyl halides is 3. The van der Waals surface area contributed by atoms with Crippen LogP contribution >= 0.6 is 0 Å². The molecule has 0 spiro atoms. The van der Waals surface area contributed by atoms with E-state index in [1.54, 1.807) is 0 Å². The van der Waals surface area contributed by atoms with Gasteiger partial charge in [-0.25, -0.2) is 9.97 Å². The molecule has 0 atom stereocenters. The molecule has 0 bridgehead atoms. The minimum Gasteiger partial charge on any atom is -0.294 e. The zero-order valence-corrected chi connectivity index (χ0v) is 14.6. The third-order valence-corrected chi connectivity index (χ3v) is 4.29. The van der Waals surface area contributed by atoms with Crippen LogP contribution < -0.4 is 0 Å². The van der Waals surface area contributed by atoms with Gasteiger partial charge in [-0.1, -0.05) is 20.8 Å². The Morgan fingerprint density at radius 1 is 1.16 bits per heavy atom. The van der Waals surface area contributed by atoms with E-state index in [9.17, 15) is 13.2 Å². The van der Waals surface area contributed by atoms with Crippen molar-refractivity contribution in [3.8, 4) is 0 Å². The van der Waals surface area contributed by atoms with Gasteiger partial charge in [0.2, 0.25) is 0 Å². The molecule has 3 heterocycles. The topological polar surface area (TPSA) is 41.9 Å². The first kappa shape index (κ1) is 17.8. The highest BCUT2D eigenvalue weighted by Crippen LogP contribution is 2.32. The van der Waals surface area contributed by atoms with Gasteiger partial charge in [-0.15, -0.1) is 0 Å². The van der Waals surface area contributed by atoms with Crippen molar-refractivity contribution in [3.63, 3.8) is 0 Å². The van der Waals surface area contributed by atoms with Crippen LogP contribution in [0.3, 0.4) is 0 Å². The summed E-state index contributed by atoms with van der Waals surface area (Å²) in [6.07, 6.45) is 0.638. The lowest BCUT2D eigenvalue weighted by molar-refractivity contribution is -0.138. The molecule has 1 aliphatic rings. The average molecular weight is 350 g/mol. The normalized spacial score (nSPS) is 15.9. The van der Waals surface area contributed by atoms with Gasteiger partial charge in [-0.05, 0) is 11.6 Å². The predicted octanol–water partition coefficient (Wildman–Crippen LogP) is 3.75. The quantitative estimate of drug-likeness (QED) is 0.827. The minimum atomic E-state index is -4.36. The summed E-state index contributed by atoms with van der Waals surface area (Å²) in [6, 6.07) is 1.03. The summed E-state index contributed by atoms with van der Waals surface area (Å²) in [4.78, 5) is 14.9. The molecule has 2 aromatic heterocycles. The molecule has 0 radical (unpaired) electrons. The van der Waals surface area contributed by atoms with Crippen molar-refractivity contribution in [1.29, 1.82) is 0 Å². The Morgan fingerprint density at radius 3 is 2.60 bits per heavy atom. The fourth-order valence-electron chi connectivity index (χ4n) is 2.94. The van der Waals surface area contributed by atoms with E-state index in [0.29, 0.717) is 19.5 Å². The van der Waals surface area contributed by atoms with E-state index < -0.39 is 11.7 Å². The van der Waals surface area contributed by atoms with E-state index in [1.165, 1.54) is 12.4 Å². The van der Waals surface area contributed by atoms with Crippen molar-refractivity contribution in [3.05, 3.63) is 52.9 Å². The molecule has 3 rings (SSSR count). The van der Waals surface area contributed by atoms with Crippen molar-refractivity contribution in [1.82, 2.24) is 19.9 Å². The first-order valence-corrected chi connectivity index (χ1v) is 8.22. The van der Waals surface area contributed by atoms with Crippen molar-refractivity contribution < 1.29 is 13.2 Å². The maximum absolute atomic E-state index is 13.1. The summed E-state index contributed by atoms with van der Waals surface area (Å²) in [5.74, 6) is 0.798. The van der Waals surface area contributed by atoms with Gasteiger partial charge >= 0.3 is 6.18 Å². The smallest absolute Gasteiger partial charge is 0.294 e. The van der Waals surface area contributed by atoms with Gasteiger partial charge in [0, 0.05) is 61.3 Å². The van der Waals surface area contributed by atoms with Crippen molar-refractivity contribution in [2.45, 2.75) is 51.9 Å². The van der Waals surface area contributed by atoms with E-state index in [0.717, 1.165) is 23.1 Å². The molecule has 0 amide bonds. The molecule has 2 aromatic rings. The van der Waals surface area contributed by atoms with Gasteiger partial charge in [-0.2, -0.15) is 13.2 Å². The van der Waals surface area contributed by atoms with Gasteiger partial charge in [0.05, 0.1) is 5.56 Å². The van der Waals surface area contributed by atoms with Crippen LogP contribution in [0.15, 0.2) is 24.7 Å². The van der Waals surface area contributed by atoms with Crippen LogP contribution in [-0.4, -0.2) is 26.4 Å². The second-order valence-electron chi connectivity index (χ2n) is 7.41. The molecular formula is C18H21F3N4. The summed E-state index contributed by atoms with van der Waals surface area (Å²) in [5, 5.41) is 0. The molecule has 0 N–H and O–H groups in total. The van der Waals surface area contributed by atoms with E-state index in [-0.39, 0.29) is 17.5 Å². The second kappa shape index (κ2) is 6.37. The van der Waals surface area contributed by atoms with Crippen LogP contribution in [0.4, 0.5) is 13.2 Å². The molecule has 4 nitrogen and oxygen atoms in total. The number of fused-ring (bicyclic) bond motifs is 1. The molecule has 0 saturated heterocycles. The monoisotopic (exact) mass is 350 g/mol. The van der Waals surface area contributed by atoms with Gasteiger partial charge in [-0.3, -0.25) is 9.88 Å². The first-order chi connectivity index (χ1) is 11.6. The van der Waals surface area contributed by atoms with E-state index in [2.05, 4.69) is 35.7 Å². The van der Waals surface area contributed by atoms with Crippen molar-refractivity contribution in [2.24, 2.45) is 0 Å². The van der Waals surface area contributed by atoms with Crippen molar-refractivity contribution >= 4 is 0 Å². The zero-order chi connectivity index (χ0) is 18.2. The molecule has 0 unspecified atom stereocenters. The molecule has 7 heteroatoms. The molecule has 0 fully saturated rings. The zero-order valence-electron chi connectivity index (χ0n) is 14.6. The Kier molecular flexibility index (Phi) is 4.53. The average Bonchev–Trinajstić information content (AvgIpc) is 2.53. The highest BCUT2D eigenvalue weighted by Gasteiger charge is 2.34. The fourth-order valence-corrected chi connectivity index (χ4v) is 2.94. The summed E-state index contributed by atoms with van der Waals surface area (Å²) < 4.78 is 39.4. The summed E-state index contributed by atoms with van der Waals surface area (Å²) in [6.45, 7) is 7.61. The lowest BCUT2D eigenvalue weighted by Gasteiger charge is -2.29. The lowest BCUT2D eigenvalue weighted by atomic mass is 9.95. The van der Waals surface area contributed by atoms with E-state index >= 15 is 0 Å². The van der Waals surface area contributed by atoms with Crippen LogP contribution in [-0.2, 0) is 31.1 Å². The van der Waals surface area contributed by atoms with Gasteiger partial charge < -0.3 is 0 Å². The number of nitrogens with zero attached hydrogens (tertiary/aromatic N) is 4. The molecule has 134 valence electrons. The Bertz CT molecular complexity index is 766. The Morgan fingerprint density at radius 2 is 1.92 bits per heavy atom. The predicted molar refractivity (Wildman–Crippen MR) is 87.8 cm³/mol. The Balaban J connectivity index is 1.79. The number of halogens is 3. The van der Waals surface area contributed by atoms with Crippen LogP contribution in [0.25, 0.3) is 0 Å². The van der Waals surface area contributed by atoms with Crippen LogP contribution in [0.5, 0.6) is 0 Å². The lowest BCUT2D eigenvalue weighted by Crippen LogP contribution is -2.32. The van der Waals surface area contributed by atoms with Gasteiger partial charge in [0.25, 0.3) is 0 Å². The standard InChI is InChI=1S/C18H21F3N4/c1-17(2,3)16-23-9-13-11-25(7-5-15(13)24-16)10-12-8-22-6-4-14(12)18(19,20)21/h4,6,8-9H,5,7,10-11H2,1-3H3.